The highest BCUT2D eigenvalue weighted by atomic mass is 16.5. The zero-order chi connectivity index (χ0) is 58.1. The van der Waals surface area contributed by atoms with Crippen molar-refractivity contribution in [1.29, 1.82) is 10.5 Å². The fourth-order valence-electron chi connectivity index (χ4n) is 11.4. The van der Waals surface area contributed by atoms with Gasteiger partial charge in [-0.1, -0.05) is 0 Å². The number of nitrogens with zero attached hydrogens (tertiary/aromatic N) is 15. The Balaban J connectivity index is 0.640. The second kappa shape index (κ2) is 26.4. The highest BCUT2D eigenvalue weighted by molar-refractivity contribution is 5.77. The third kappa shape index (κ3) is 13.9. The van der Waals surface area contributed by atoms with Gasteiger partial charge in [0.25, 0.3) is 0 Å². The number of anilines is 6. The van der Waals surface area contributed by atoms with Gasteiger partial charge in [-0.2, -0.15) is 25.5 Å². The molecule has 6 aliphatic rings. The molecule has 0 radical (unpaired) electrons. The highest BCUT2D eigenvalue weighted by Gasteiger charge is 2.31. The third-order valence-electron chi connectivity index (χ3n) is 16.7. The number of nitriles is 2. The van der Waals surface area contributed by atoms with Crippen molar-refractivity contribution in [3.05, 3.63) is 108 Å². The maximum atomic E-state index is 13.8. The minimum absolute atomic E-state index is 0.00754. The Labute approximate surface area is 494 Å². The lowest BCUT2D eigenvalue weighted by molar-refractivity contribution is -0.123. The number of benzene rings is 4. The predicted octanol–water partition coefficient (Wildman–Crippen LogP) is 4.82. The maximum Gasteiger partial charge on any atom is 0.319 e. The number of rotatable bonds is 19. The molecule has 0 bridgehead atoms. The van der Waals surface area contributed by atoms with Crippen molar-refractivity contribution < 1.29 is 28.5 Å². The van der Waals surface area contributed by atoms with Crippen molar-refractivity contribution in [2.75, 3.05) is 159 Å². The quantitative estimate of drug-likeness (QED) is 0.0983. The van der Waals surface area contributed by atoms with E-state index in [0.29, 0.717) is 134 Å². The first-order valence-electron chi connectivity index (χ1n) is 29.3. The summed E-state index contributed by atoms with van der Waals surface area (Å²) >= 11 is 0. The molecule has 3 N–H and O–H groups in total. The SMILES string of the molecule is CN(CCOc1ccc(-c2ncnc(Nc3ccc(N4CCN(C5COC5)CC4)cc3)n2)cc1C#N)C(=O)N1CCN(Cc2nc(Nc3ccc(N4CCN(C5COC5)CC4)cc3)nc(-c3ccc(OCC4CCNC(=O)C4)c(C#N)c3)n2)CC1. The number of piperidine rings is 1. The fraction of sp³-hybridized carbons (Fsp3) is 0.443. The zero-order valence-corrected chi connectivity index (χ0v) is 47.8. The number of amides is 3. The van der Waals surface area contributed by atoms with E-state index in [9.17, 15) is 20.1 Å². The molecule has 1 unspecified atom stereocenters. The lowest BCUT2D eigenvalue weighted by Crippen LogP contribution is -2.56. The molecule has 3 amide bonds. The summed E-state index contributed by atoms with van der Waals surface area (Å²) in [5.41, 5.74) is 5.89. The van der Waals surface area contributed by atoms with Gasteiger partial charge in [0, 0.05) is 138 Å². The second-order valence-corrected chi connectivity index (χ2v) is 22.3. The van der Waals surface area contributed by atoms with Gasteiger partial charge in [0.1, 0.15) is 42.4 Å². The van der Waals surface area contributed by atoms with Crippen LogP contribution in [0.25, 0.3) is 22.8 Å². The molecule has 6 aliphatic heterocycles. The molecule has 4 aromatic carbocycles. The minimum atomic E-state index is -0.126. The van der Waals surface area contributed by atoms with Crippen LogP contribution in [0.15, 0.2) is 91.3 Å². The lowest BCUT2D eigenvalue weighted by Gasteiger charge is -2.43. The van der Waals surface area contributed by atoms with Crippen LogP contribution in [0, 0.1) is 28.6 Å². The van der Waals surface area contributed by atoms with Gasteiger partial charge in [-0.3, -0.25) is 19.5 Å². The van der Waals surface area contributed by atoms with Crippen LogP contribution in [0.1, 0.15) is 29.8 Å². The number of hydrogen-bond donors (Lipinski definition) is 3. The molecule has 12 rings (SSSR count). The van der Waals surface area contributed by atoms with Gasteiger partial charge in [0.2, 0.25) is 17.8 Å². The number of hydrogen-bond acceptors (Lipinski definition) is 21. The molecule has 24 nitrogen and oxygen atoms in total. The van der Waals surface area contributed by atoms with E-state index in [1.54, 1.807) is 42.3 Å². The van der Waals surface area contributed by atoms with Crippen LogP contribution in [0.5, 0.6) is 11.5 Å². The van der Waals surface area contributed by atoms with Crippen LogP contribution in [0.3, 0.4) is 0 Å². The summed E-state index contributed by atoms with van der Waals surface area (Å²) < 4.78 is 23.0. The molecule has 2 aromatic heterocycles. The molecule has 0 spiro atoms. The predicted molar refractivity (Wildman–Crippen MR) is 318 cm³/mol. The summed E-state index contributed by atoms with van der Waals surface area (Å²) in [4.78, 5) is 69.4. The topological polar surface area (TPSA) is 255 Å². The van der Waals surface area contributed by atoms with Gasteiger partial charge in [0.05, 0.1) is 69.3 Å². The number of ether oxygens (including phenoxy) is 4. The Bertz CT molecular complexity index is 3390. The molecule has 1 atom stereocenters. The number of urea groups is 1. The summed E-state index contributed by atoms with van der Waals surface area (Å²) in [5.74, 6) is 2.97. The standard InChI is InChI=1S/C61H70N18O6/c1-73(28-29-84-53-12-2-43(31-45(53)33-62)57-65-41-66-59(71-57)67-47-4-8-49(9-5-47)75-20-24-77(25-21-75)51-37-82-38-51)61(81)79-18-16-74(17-19-79)35-55-69-58(44-3-13-54(46(32-44)34-63)85-36-42-14-15-64-56(80)30-42)72-60(70-55)68-48-6-10-50(11-7-48)76-22-26-78(27-23-76)52-39-83-40-52/h2-13,31-32,41-42,51-52H,14-30,35-40H2,1H3,(H,64,80)(H,65,66,67,71)(H,68,69,70,72). The average molecular weight is 1150 g/mol. The molecular weight excluding hydrogens is 1080 g/mol. The number of nitrogens with one attached hydrogen (secondary N) is 3. The molecule has 8 heterocycles. The Morgan fingerprint density at radius 1 is 0.671 bits per heavy atom. The van der Waals surface area contributed by atoms with E-state index in [4.69, 9.17) is 33.9 Å². The Hall–Kier alpha value is -8.78. The molecule has 6 saturated heterocycles. The van der Waals surface area contributed by atoms with Gasteiger partial charge < -0.3 is 54.5 Å². The first-order chi connectivity index (χ1) is 41.7. The first-order valence-corrected chi connectivity index (χ1v) is 29.3. The summed E-state index contributed by atoms with van der Waals surface area (Å²) in [6, 6.07) is 32.6. The fourth-order valence-corrected chi connectivity index (χ4v) is 11.4. The van der Waals surface area contributed by atoms with Crippen molar-refractivity contribution >= 4 is 46.6 Å². The summed E-state index contributed by atoms with van der Waals surface area (Å²) in [6.45, 7) is 15.2. The van der Waals surface area contributed by atoms with E-state index >= 15 is 0 Å². The maximum absolute atomic E-state index is 13.8. The van der Waals surface area contributed by atoms with Gasteiger partial charge in [-0.15, -0.1) is 0 Å². The number of aromatic nitrogens is 6. The number of carbonyl (C=O) groups excluding carboxylic acids is 2. The molecule has 85 heavy (non-hydrogen) atoms. The van der Waals surface area contributed by atoms with Crippen molar-refractivity contribution in [2.45, 2.75) is 31.5 Å². The molecule has 0 saturated carbocycles. The molecule has 6 aromatic rings. The Kier molecular flexibility index (Phi) is 17.6. The average Bonchev–Trinajstić information content (AvgIpc) is 3.51. The van der Waals surface area contributed by atoms with Crippen molar-refractivity contribution in [2.24, 2.45) is 5.92 Å². The van der Waals surface area contributed by atoms with Crippen molar-refractivity contribution in [3.63, 3.8) is 0 Å². The Morgan fingerprint density at radius 3 is 1.80 bits per heavy atom. The van der Waals surface area contributed by atoms with E-state index in [2.05, 4.69) is 91.8 Å². The molecular formula is C61H70N18O6. The van der Waals surface area contributed by atoms with E-state index in [0.717, 1.165) is 102 Å². The van der Waals surface area contributed by atoms with Crippen molar-refractivity contribution in [3.8, 4) is 46.4 Å². The van der Waals surface area contributed by atoms with E-state index in [-0.39, 0.29) is 24.5 Å². The number of piperazine rings is 3. The normalized spacial score (nSPS) is 19.0. The van der Waals surface area contributed by atoms with Crippen LogP contribution >= 0.6 is 0 Å². The van der Waals surface area contributed by atoms with E-state index in [1.807, 2.05) is 35.2 Å². The van der Waals surface area contributed by atoms with E-state index in [1.165, 1.54) is 12.0 Å². The molecule has 0 aliphatic carbocycles. The van der Waals surface area contributed by atoms with Crippen molar-refractivity contribution in [1.82, 2.24) is 59.7 Å². The van der Waals surface area contributed by atoms with Crippen LogP contribution < -0.4 is 35.2 Å². The molecule has 6 fully saturated rings. The first kappa shape index (κ1) is 56.7. The molecule has 440 valence electrons. The Morgan fingerprint density at radius 2 is 1.24 bits per heavy atom. The molecule has 24 heteroatoms. The van der Waals surface area contributed by atoms with Gasteiger partial charge in [-0.25, -0.2) is 19.7 Å². The van der Waals surface area contributed by atoms with Crippen LogP contribution in [0.2, 0.25) is 0 Å². The lowest BCUT2D eigenvalue weighted by atomic mass is 9.99. The smallest absolute Gasteiger partial charge is 0.319 e. The van der Waals surface area contributed by atoms with Gasteiger partial charge >= 0.3 is 6.03 Å². The summed E-state index contributed by atoms with van der Waals surface area (Å²) in [5, 5.41) is 30.0. The number of carbonyl (C=O) groups is 2. The monoisotopic (exact) mass is 1150 g/mol. The largest absolute Gasteiger partial charge is 0.492 e. The van der Waals surface area contributed by atoms with Gasteiger partial charge in [0.15, 0.2) is 11.6 Å². The minimum Gasteiger partial charge on any atom is -0.492 e. The second-order valence-electron chi connectivity index (χ2n) is 22.3. The third-order valence-corrected chi connectivity index (χ3v) is 16.7. The number of likely N-dealkylation sites (N-methyl/N-ethyl adjacent to an activating group) is 1. The van der Waals surface area contributed by atoms with Crippen LogP contribution in [-0.2, 0) is 20.8 Å². The van der Waals surface area contributed by atoms with Crippen LogP contribution in [0.4, 0.5) is 39.4 Å². The zero-order valence-electron chi connectivity index (χ0n) is 47.8. The summed E-state index contributed by atoms with van der Waals surface area (Å²) in [6.07, 6.45) is 2.64. The van der Waals surface area contributed by atoms with E-state index < -0.39 is 0 Å². The van der Waals surface area contributed by atoms with Crippen LogP contribution in [-0.4, -0.2) is 217 Å². The summed E-state index contributed by atoms with van der Waals surface area (Å²) in [7, 11) is 1.75. The highest BCUT2D eigenvalue weighted by Crippen LogP contribution is 2.30. The van der Waals surface area contributed by atoms with Gasteiger partial charge in [-0.05, 0) is 91.3 Å².